The van der Waals surface area contributed by atoms with Crippen molar-refractivity contribution in [2.24, 2.45) is 12.8 Å². The maximum Gasteiger partial charge on any atom is 0.137 e. The molecule has 0 saturated carbocycles. The van der Waals surface area contributed by atoms with E-state index in [1.165, 1.54) is 0 Å². The molecule has 1 unspecified atom stereocenters. The van der Waals surface area contributed by atoms with Crippen LogP contribution in [0, 0.1) is 0 Å². The van der Waals surface area contributed by atoms with Crippen LogP contribution in [0.1, 0.15) is 18.3 Å². The van der Waals surface area contributed by atoms with Gasteiger partial charge < -0.3 is 15.4 Å². The summed E-state index contributed by atoms with van der Waals surface area (Å²) < 4.78 is 1.79. The van der Waals surface area contributed by atoms with E-state index in [0.717, 1.165) is 0 Å². The highest BCUT2D eigenvalue weighted by Crippen LogP contribution is 2.11. The van der Waals surface area contributed by atoms with Gasteiger partial charge >= 0.3 is 0 Å². The van der Waals surface area contributed by atoms with Crippen LogP contribution in [0.5, 0.6) is 0 Å². The fourth-order valence-corrected chi connectivity index (χ4v) is 0.985. The number of rotatable bonds is 3. The van der Waals surface area contributed by atoms with Crippen LogP contribution in [0.4, 0.5) is 0 Å². The molecule has 11 heavy (non-hydrogen) atoms. The Hall–Kier alpha value is -0.870. The predicted octanol–water partition coefficient (Wildman–Crippen LogP) is -0.198. The quantitative estimate of drug-likeness (QED) is 0.635. The molecule has 1 atom stereocenters. The molecule has 1 aromatic heterocycles. The topological polar surface area (TPSA) is 64.1 Å². The first-order valence-electron chi connectivity index (χ1n) is 3.61. The van der Waals surface area contributed by atoms with Crippen LogP contribution in [-0.4, -0.2) is 21.2 Å². The zero-order valence-corrected chi connectivity index (χ0v) is 6.57. The second-order valence-corrected chi connectivity index (χ2v) is 2.49. The maximum atomic E-state index is 9.43. The lowest BCUT2D eigenvalue weighted by atomic mass is 10.2. The third kappa shape index (κ3) is 1.78. The van der Waals surface area contributed by atoms with Crippen LogP contribution in [-0.2, 0) is 7.05 Å². The summed E-state index contributed by atoms with van der Waals surface area (Å²) in [7, 11) is 1.85. The Labute approximate surface area is 65.7 Å². The van der Waals surface area contributed by atoms with Gasteiger partial charge in [0.25, 0.3) is 0 Å². The van der Waals surface area contributed by atoms with E-state index in [4.69, 9.17) is 5.73 Å². The van der Waals surface area contributed by atoms with E-state index in [2.05, 4.69) is 4.98 Å². The van der Waals surface area contributed by atoms with Crippen LogP contribution >= 0.6 is 0 Å². The lowest BCUT2D eigenvalue weighted by Crippen LogP contribution is -2.10. The minimum absolute atomic E-state index is 0.480. The summed E-state index contributed by atoms with van der Waals surface area (Å²) in [6.07, 6.45) is 3.50. The van der Waals surface area contributed by atoms with Gasteiger partial charge in [-0.3, -0.25) is 0 Å². The lowest BCUT2D eigenvalue weighted by Gasteiger charge is -2.07. The molecule has 4 nitrogen and oxygen atoms in total. The van der Waals surface area contributed by atoms with Gasteiger partial charge in [-0.1, -0.05) is 0 Å². The van der Waals surface area contributed by atoms with Gasteiger partial charge in [0, 0.05) is 19.4 Å². The molecule has 0 amide bonds. The fourth-order valence-electron chi connectivity index (χ4n) is 0.985. The first kappa shape index (κ1) is 8.23. The van der Waals surface area contributed by atoms with Gasteiger partial charge in [-0.25, -0.2) is 4.98 Å². The molecule has 0 fully saturated rings. The van der Waals surface area contributed by atoms with Crippen molar-refractivity contribution in [2.75, 3.05) is 6.54 Å². The van der Waals surface area contributed by atoms with Crippen molar-refractivity contribution in [3.63, 3.8) is 0 Å². The van der Waals surface area contributed by atoms with E-state index < -0.39 is 6.10 Å². The zero-order chi connectivity index (χ0) is 8.27. The Morgan fingerprint density at radius 3 is 3.00 bits per heavy atom. The summed E-state index contributed by atoms with van der Waals surface area (Å²) in [4.78, 5) is 3.99. The first-order valence-corrected chi connectivity index (χ1v) is 3.61. The molecule has 62 valence electrons. The number of aromatic nitrogens is 2. The number of nitrogens with zero attached hydrogens (tertiary/aromatic N) is 2. The summed E-state index contributed by atoms with van der Waals surface area (Å²) in [6, 6.07) is 0. The Kier molecular flexibility index (Phi) is 2.62. The van der Waals surface area contributed by atoms with Gasteiger partial charge in [0.15, 0.2) is 0 Å². The van der Waals surface area contributed by atoms with E-state index in [0.29, 0.717) is 18.8 Å². The van der Waals surface area contributed by atoms with E-state index in [-0.39, 0.29) is 0 Å². The van der Waals surface area contributed by atoms with Crippen molar-refractivity contribution in [3.8, 4) is 0 Å². The van der Waals surface area contributed by atoms with Crippen LogP contribution in [0.15, 0.2) is 12.4 Å². The normalized spacial score (nSPS) is 13.4. The number of aliphatic hydroxyl groups excluding tert-OH is 1. The fraction of sp³-hybridized carbons (Fsp3) is 0.571. The molecule has 0 aromatic carbocycles. The second kappa shape index (κ2) is 3.50. The molecule has 0 radical (unpaired) electrons. The average molecular weight is 155 g/mol. The Morgan fingerprint density at radius 2 is 2.55 bits per heavy atom. The third-order valence-electron chi connectivity index (χ3n) is 1.60. The number of imidazole rings is 1. The minimum atomic E-state index is -0.528. The molecule has 0 saturated heterocycles. The second-order valence-electron chi connectivity index (χ2n) is 2.49. The van der Waals surface area contributed by atoms with E-state index in [9.17, 15) is 5.11 Å². The monoisotopic (exact) mass is 155 g/mol. The standard InChI is InChI=1S/C7H13N3O/c1-10-5-4-9-7(10)6(11)2-3-8/h4-6,11H,2-3,8H2,1H3. The van der Waals surface area contributed by atoms with Gasteiger partial charge in [0.1, 0.15) is 11.9 Å². The van der Waals surface area contributed by atoms with Gasteiger partial charge in [-0.05, 0) is 13.0 Å². The summed E-state index contributed by atoms with van der Waals surface area (Å²) in [5.41, 5.74) is 5.29. The maximum absolute atomic E-state index is 9.43. The van der Waals surface area contributed by atoms with Crippen molar-refractivity contribution in [2.45, 2.75) is 12.5 Å². The van der Waals surface area contributed by atoms with Gasteiger partial charge in [0.05, 0.1) is 0 Å². The highest BCUT2D eigenvalue weighted by atomic mass is 16.3. The zero-order valence-electron chi connectivity index (χ0n) is 6.57. The van der Waals surface area contributed by atoms with Crippen LogP contribution in [0.3, 0.4) is 0 Å². The molecule has 0 aliphatic carbocycles. The van der Waals surface area contributed by atoms with E-state index in [1.54, 1.807) is 17.0 Å². The van der Waals surface area contributed by atoms with E-state index in [1.807, 2.05) is 7.05 Å². The highest BCUT2D eigenvalue weighted by Gasteiger charge is 2.09. The molecule has 0 bridgehead atoms. The van der Waals surface area contributed by atoms with Crippen molar-refractivity contribution in [1.82, 2.24) is 9.55 Å². The van der Waals surface area contributed by atoms with Crippen molar-refractivity contribution < 1.29 is 5.11 Å². The summed E-state index contributed by atoms with van der Waals surface area (Å²) in [5, 5.41) is 9.43. The number of hydrogen-bond donors (Lipinski definition) is 2. The number of aliphatic hydroxyl groups is 1. The van der Waals surface area contributed by atoms with Gasteiger partial charge in [0.2, 0.25) is 0 Å². The van der Waals surface area contributed by atoms with Crippen molar-refractivity contribution >= 4 is 0 Å². The minimum Gasteiger partial charge on any atom is -0.385 e. The molecule has 0 spiro atoms. The molecule has 0 aliphatic rings. The van der Waals surface area contributed by atoms with Crippen LogP contribution in [0.2, 0.25) is 0 Å². The van der Waals surface area contributed by atoms with Crippen LogP contribution in [0.25, 0.3) is 0 Å². The highest BCUT2D eigenvalue weighted by molar-refractivity contribution is 4.95. The van der Waals surface area contributed by atoms with Crippen LogP contribution < -0.4 is 5.73 Å². The van der Waals surface area contributed by atoms with Crippen molar-refractivity contribution in [1.29, 1.82) is 0 Å². The molecule has 1 heterocycles. The Balaban J connectivity index is 2.67. The molecule has 1 rings (SSSR count). The van der Waals surface area contributed by atoms with Gasteiger partial charge in [-0.2, -0.15) is 0 Å². The smallest absolute Gasteiger partial charge is 0.137 e. The predicted molar refractivity (Wildman–Crippen MR) is 41.8 cm³/mol. The molecule has 0 aliphatic heterocycles. The largest absolute Gasteiger partial charge is 0.385 e. The Morgan fingerprint density at radius 1 is 1.82 bits per heavy atom. The summed E-state index contributed by atoms with van der Waals surface area (Å²) in [5.74, 6) is 0.676. The van der Waals surface area contributed by atoms with Crippen molar-refractivity contribution in [3.05, 3.63) is 18.2 Å². The number of hydrogen-bond acceptors (Lipinski definition) is 3. The number of nitrogens with two attached hydrogens (primary N) is 1. The van der Waals surface area contributed by atoms with Gasteiger partial charge in [-0.15, -0.1) is 0 Å². The third-order valence-corrected chi connectivity index (χ3v) is 1.60. The number of aryl methyl sites for hydroxylation is 1. The lowest BCUT2D eigenvalue weighted by molar-refractivity contribution is 0.157. The summed E-state index contributed by atoms with van der Waals surface area (Å²) in [6.45, 7) is 0.480. The molecule has 3 N–H and O–H groups in total. The molecular weight excluding hydrogens is 142 g/mol. The molecule has 1 aromatic rings. The Bertz CT molecular complexity index is 221. The van der Waals surface area contributed by atoms with E-state index >= 15 is 0 Å². The molecular formula is C7H13N3O. The summed E-state index contributed by atoms with van der Waals surface area (Å²) >= 11 is 0. The average Bonchev–Trinajstić information content (AvgIpc) is 2.36. The molecule has 4 heteroatoms. The SMILES string of the molecule is Cn1ccnc1C(O)CCN. The first-order chi connectivity index (χ1) is 5.25.